The Hall–Kier alpha value is -2.25. The minimum atomic E-state index is -1.68. The first-order chi connectivity index (χ1) is 9.32. The molecule has 0 heterocycles. The fourth-order valence-corrected chi connectivity index (χ4v) is 1.31. The molecule has 3 N–H and O–H groups in total. The van der Waals surface area contributed by atoms with Gasteiger partial charge in [0.25, 0.3) is 0 Å². The van der Waals surface area contributed by atoms with Crippen LogP contribution < -0.4 is 10.6 Å². The average Bonchev–Trinajstić information content (AvgIpc) is 2.39. The molecule has 0 fully saturated rings. The maximum atomic E-state index is 13.2. The van der Waals surface area contributed by atoms with E-state index in [-0.39, 0.29) is 13.0 Å². The van der Waals surface area contributed by atoms with E-state index < -0.39 is 41.1 Å². The zero-order chi connectivity index (χ0) is 15.3. The summed E-state index contributed by atoms with van der Waals surface area (Å²) >= 11 is 0. The Labute approximate surface area is 112 Å². The Morgan fingerprint density at radius 3 is 2.50 bits per heavy atom. The zero-order valence-corrected chi connectivity index (χ0v) is 10.5. The van der Waals surface area contributed by atoms with Gasteiger partial charge in [0.2, 0.25) is 0 Å². The summed E-state index contributed by atoms with van der Waals surface area (Å²) in [5.41, 5.74) is -0.507. The summed E-state index contributed by atoms with van der Waals surface area (Å²) in [6.45, 7) is 1.52. The van der Waals surface area contributed by atoms with Gasteiger partial charge in [-0.05, 0) is 18.6 Å². The van der Waals surface area contributed by atoms with Crippen molar-refractivity contribution >= 4 is 17.7 Å². The molecule has 1 unspecified atom stereocenters. The molecule has 110 valence electrons. The van der Waals surface area contributed by atoms with Crippen LogP contribution >= 0.6 is 0 Å². The summed E-state index contributed by atoms with van der Waals surface area (Å²) in [4.78, 5) is 21.9. The largest absolute Gasteiger partial charge is 0.481 e. The van der Waals surface area contributed by atoms with Gasteiger partial charge in [0.05, 0.1) is 11.6 Å². The molecule has 0 aliphatic carbocycles. The summed E-state index contributed by atoms with van der Waals surface area (Å²) < 4.78 is 38.8. The summed E-state index contributed by atoms with van der Waals surface area (Å²) in [5.74, 6) is -6.18. The van der Waals surface area contributed by atoms with Crippen LogP contribution in [0.2, 0.25) is 0 Å². The first kappa shape index (κ1) is 15.8. The van der Waals surface area contributed by atoms with Crippen LogP contribution in [0.25, 0.3) is 0 Å². The highest BCUT2D eigenvalue weighted by molar-refractivity contribution is 5.89. The van der Waals surface area contributed by atoms with Crippen molar-refractivity contribution in [2.45, 2.75) is 13.3 Å². The van der Waals surface area contributed by atoms with Gasteiger partial charge in [-0.15, -0.1) is 0 Å². The summed E-state index contributed by atoms with van der Waals surface area (Å²) in [6.07, 6.45) is 0.184. The van der Waals surface area contributed by atoms with E-state index >= 15 is 0 Å². The Morgan fingerprint density at radius 2 is 1.90 bits per heavy atom. The van der Waals surface area contributed by atoms with E-state index in [1.165, 1.54) is 6.92 Å². The number of urea groups is 1. The van der Waals surface area contributed by atoms with E-state index in [4.69, 9.17) is 5.11 Å². The first-order valence-corrected chi connectivity index (χ1v) is 5.74. The molecule has 2 amide bonds. The average molecular weight is 290 g/mol. The summed E-state index contributed by atoms with van der Waals surface area (Å²) in [6, 6.07) is 0.723. The zero-order valence-electron chi connectivity index (χ0n) is 10.5. The van der Waals surface area contributed by atoms with Crippen molar-refractivity contribution in [1.29, 1.82) is 0 Å². The number of carboxylic acid groups (broad SMARTS) is 1. The van der Waals surface area contributed by atoms with Crippen LogP contribution in [0.4, 0.5) is 23.7 Å². The molecule has 0 aliphatic rings. The minimum absolute atomic E-state index is 0.0462. The topological polar surface area (TPSA) is 78.4 Å². The van der Waals surface area contributed by atoms with Crippen LogP contribution in [0.1, 0.15) is 13.3 Å². The van der Waals surface area contributed by atoms with Crippen LogP contribution in [0.15, 0.2) is 12.1 Å². The van der Waals surface area contributed by atoms with Crippen LogP contribution in [0.3, 0.4) is 0 Å². The third-order valence-corrected chi connectivity index (χ3v) is 2.57. The Bertz CT molecular complexity index is 523. The van der Waals surface area contributed by atoms with Gasteiger partial charge in [-0.2, -0.15) is 0 Å². The van der Waals surface area contributed by atoms with Crippen LogP contribution in [0.5, 0.6) is 0 Å². The molecular formula is C12H13F3N2O3. The number of hydrogen-bond acceptors (Lipinski definition) is 2. The predicted molar refractivity (Wildman–Crippen MR) is 64.8 cm³/mol. The smallest absolute Gasteiger partial charge is 0.319 e. The fraction of sp³-hybridized carbons (Fsp3) is 0.333. The molecule has 0 spiro atoms. The van der Waals surface area contributed by atoms with Gasteiger partial charge >= 0.3 is 12.0 Å². The number of nitrogens with one attached hydrogen (secondary N) is 2. The lowest BCUT2D eigenvalue weighted by atomic mass is 10.1. The molecule has 1 rings (SSSR count). The van der Waals surface area contributed by atoms with E-state index in [0.717, 1.165) is 6.07 Å². The van der Waals surface area contributed by atoms with Gasteiger partial charge in [0, 0.05) is 6.54 Å². The number of amides is 2. The van der Waals surface area contributed by atoms with E-state index in [1.807, 2.05) is 5.32 Å². The molecule has 0 aromatic heterocycles. The maximum absolute atomic E-state index is 13.2. The number of anilines is 1. The molecule has 8 heteroatoms. The van der Waals surface area contributed by atoms with E-state index in [1.54, 1.807) is 0 Å². The summed E-state index contributed by atoms with van der Waals surface area (Å²) in [7, 11) is 0. The van der Waals surface area contributed by atoms with Crippen molar-refractivity contribution in [2.75, 3.05) is 11.9 Å². The highest BCUT2D eigenvalue weighted by atomic mass is 19.2. The van der Waals surface area contributed by atoms with Crippen molar-refractivity contribution in [3.8, 4) is 0 Å². The molecule has 0 bridgehead atoms. The quantitative estimate of drug-likeness (QED) is 0.728. The number of rotatable bonds is 5. The molecule has 1 atom stereocenters. The molecule has 1 aromatic rings. The van der Waals surface area contributed by atoms with Crippen molar-refractivity contribution in [3.05, 3.63) is 29.6 Å². The van der Waals surface area contributed by atoms with Gasteiger partial charge in [0.1, 0.15) is 0 Å². The third-order valence-electron chi connectivity index (χ3n) is 2.57. The second-order valence-corrected chi connectivity index (χ2v) is 4.13. The van der Waals surface area contributed by atoms with Crippen LogP contribution in [0, 0.1) is 23.4 Å². The molecule has 0 saturated carbocycles. The van der Waals surface area contributed by atoms with Gasteiger partial charge in [-0.3, -0.25) is 4.79 Å². The Morgan fingerprint density at radius 1 is 1.25 bits per heavy atom. The lowest BCUT2D eigenvalue weighted by molar-refractivity contribution is -0.141. The molecule has 5 nitrogen and oxygen atoms in total. The maximum Gasteiger partial charge on any atom is 0.319 e. The Balaban J connectivity index is 2.51. The normalized spacial score (nSPS) is 11.8. The van der Waals surface area contributed by atoms with Gasteiger partial charge in [-0.25, -0.2) is 18.0 Å². The van der Waals surface area contributed by atoms with Gasteiger partial charge < -0.3 is 15.7 Å². The van der Waals surface area contributed by atoms with E-state index in [2.05, 4.69) is 5.32 Å². The van der Waals surface area contributed by atoms with E-state index in [0.29, 0.717) is 6.07 Å². The van der Waals surface area contributed by atoms with Crippen molar-refractivity contribution in [1.82, 2.24) is 5.32 Å². The van der Waals surface area contributed by atoms with Gasteiger partial charge in [0.15, 0.2) is 17.5 Å². The predicted octanol–water partition coefficient (Wildman–Crippen LogP) is 2.34. The third kappa shape index (κ3) is 4.15. The highest BCUT2D eigenvalue weighted by Crippen LogP contribution is 2.19. The number of halogens is 3. The first-order valence-electron chi connectivity index (χ1n) is 5.74. The molecule has 20 heavy (non-hydrogen) atoms. The van der Waals surface area contributed by atoms with Crippen LogP contribution in [-0.2, 0) is 4.79 Å². The summed E-state index contributed by atoms with van der Waals surface area (Å²) in [5, 5.41) is 12.9. The second-order valence-electron chi connectivity index (χ2n) is 4.13. The fourth-order valence-electron chi connectivity index (χ4n) is 1.31. The molecule has 0 saturated heterocycles. The second kappa shape index (κ2) is 6.78. The molecule has 0 aliphatic heterocycles. The van der Waals surface area contributed by atoms with Crippen molar-refractivity contribution in [2.24, 2.45) is 5.92 Å². The SMILES string of the molecule is CC(CCNC(=O)Nc1ccc(F)c(F)c1F)C(=O)O. The number of carbonyl (C=O) groups excluding carboxylic acids is 1. The number of benzene rings is 1. The number of carboxylic acids is 1. The standard InChI is InChI=1S/C12H13F3N2O3/c1-6(11(18)19)4-5-16-12(20)17-8-3-2-7(13)9(14)10(8)15/h2-3,6H,4-5H2,1H3,(H,18,19)(H2,16,17,20). The number of aliphatic carboxylic acids is 1. The van der Waals surface area contributed by atoms with Crippen LogP contribution in [-0.4, -0.2) is 23.7 Å². The molecular weight excluding hydrogens is 277 g/mol. The molecule has 0 radical (unpaired) electrons. The number of carbonyl (C=O) groups is 2. The van der Waals surface area contributed by atoms with Crippen molar-refractivity contribution in [3.63, 3.8) is 0 Å². The Kier molecular flexibility index (Phi) is 5.36. The highest BCUT2D eigenvalue weighted by Gasteiger charge is 2.15. The number of hydrogen-bond donors (Lipinski definition) is 3. The lowest BCUT2D eigenvalue weighted by Crippen LogP contribution is -2.31. The monoisotopic (exact) mass is 290 g/mol. The van der Waals surface area contributed by atoms with Gasteiger partial charge in [-0.1, -0.05) is 6.92 Å². The van der Waals surface area contributed by atoms with E-state index in [9.17, 15) is 22.8 Å². The van der Waals surface area contributed by atoms with Crippen molar-refractivity contribution < 1.29 is 27.9 Å². The lowest BCUT2D eigenvalue weighted by Gasteiger charge is -2.10. The minimum Gasteiger partial charge on any atom is -0.481 e. The molecule has 1 aromatic carbocycles.